The Bertz CT molecular complexity index is 533. The maximum atomic E-state index is 12.2. The Labute approximate surface area is 130 Å². The van der Waals surface area contributed by atoms with Crippen molar-refractivity contribution in [1.29, 1.82) is 0 Å². The smallest absolute Gasteiger partial charge is 0.417 e. The number of amides is 2. The number of nitrogens with zero attached hydrogens (tertiary/aromatic N) is 1. The standard InChI is InChI=1S/C16H20ClNO3/c1-16(2,3)21-15(20)18-9-8-12(10-14(18)19)11-4-6-13(17)7-5-11/h4-7,12H,8-10H2,1-3H3/t12-/m1/s1. The second-order valence-electron chi connectivity index (χ2n) is 6.27. The SMILES string of the molecule is CC(C)(C)OC(=O)N1CC[C@@H](c2ccc(Cl)cc2)CC1=O. The van der Waals surface area contributed by atoms with Crippen LogP contribution in [-0.4, -0.2) is 29.0 Å². The van der Waals surface area contributed by atoms with Gasteiger partial charge in [0.15, 0.2) is 0 Å². The first-order valence-corrected chi connectivity index (χ1v) is 7.43. The third kappa shape index (κ3) is 4.21. The van der Waals surface area contributed by atoms with Crippen molar-refractivity contribution >= 4 is 23.6 Å². The number of likely N-dealkylation sites (tertiary alicyclic amines) is 1. The molecule has 2 amide bonds. The fraction of sp³-hybridized carbons (Fsp3) is 0.500. The molecule has 21 heavy (non-hydrogen) atoms. The zero-order chi connectivity index (χ0) is 15.6. The summed E-state index contributed by atoms with van der Waals surface area (Å²) in [5.41, 5.74) is 0.487. The van der Waals surface area contributed by atoms with Gasteiger partial charge in [-0.05, 0) is 50.8 Å². The molecule has 1 fully saturated rings. The predicted octanol–water partition coefficient (Wildman–Crippen LogP) is 3.98. The molecule has 5 heteroatoms. The zero-order valence-electron chi connectivity index (χ0n) is 12.6. The average Bonchev–Trinajstić information content (AvgIpc) is 2.37. The highest BCUT2D eigenvalue weighted by molar-refractivity contribution is 6.30. The Morgan fingerprint density at radius 2 is 1.90 bits per heavy atom. The third-order valence-corrected chi connectivity index (χ3v) is 3.63. The predicted molar refractivity (Wildman–Crippen MR) is 81.4 cm³/mol. The molecular formula is C16H20ClNO3. The van der Waals surface area contributed by atoms with Crippen molar-refractivity contribution in [2.45, 2.75) is 45.1 Å². The monoisotopic (exact) mass is 309 g/mol. The van der Waals surface area contributed by atoms with Crippen LogP contribution in [-0.2, 0) is 9.53 Å². The molecular weight excluding hydrogens is 290 g/mol. The van der Waals surface area contributed by atoms with Gasteiger partial charge in [-0.3, -0.25) is 4.79 Å². The Morgan fingerprint density at radius 3 is 2.43 bits per heavy atom. The molecule has 1 aliphatic heterocycles. The number of carbonyl (C=O) groups is 2. The van der Waals surface area contributed by atoms with Gasteiger partial charge >= 0.3 is 6.09 Å². The van der Waals surface area contributed by atoms with Gasteiger partial charge in [-0.15, -0.1) is 0 Å². The number of rotatable bonds is 1. The van der Waals surface area contributed by atoms with Gasteiger partial charge in [-0.1, -0.05) is 23.7 Å². The summed E-state index contributed by atoms with van der Waals surface area (Å²) in [5.74, 6) is -0.0519. The van der Waals surface area contributed by atoms with E-state index in [1.165, 1.54) is 4.90 Å². The van der Waals surface area contributed by atoms with Crippen molar-refractivity contribution in [2.24, 2.45) is 0 Å². The summed E-state index contributed by atoms with van der Waals surface area (Å²) >= 11 is 5.87. The van der Waals surface area contributed by atoms with Gasteiger partial charge < -0.3 is 4.74 Å². The molecule has 4 nitrogen and oxygen atoms in total. The fourth-order valence-corrected chi connectivity index (χ4v) is 2.49. The molecule has 0 aromatic heterocycles. The lowest BCUT2D eigenvalue weighted by Gasteiger charge is -2.32. The maximum Gasteiger partial charge on any atom is 0.417 e. The molecule has 0 saturated carbocycles. The highest BCUT2D eigenvalue weighted by Crippen LogP contribution is 2.30. The number of benzene rings is 1. The van der Waals surface area contributed by atoms with Crippen LogP contribution in [0.25, 0.3) is 0 Å². The fourth-order valence-electron chi connectivity index (χ4n) is 2.36. The van der Waals surface area contributed by atoms with Crippen molar-refractivity contribution in [2.75, 3.05) is 6.54 Å². The summed E-state index contributed by atoms with van der Waals surface area (Å²) in [4.78, 5) is 25.4. The van der Waals surface area contributed by atoms with E-state index in [2.05, 4.69) is 0 Å². The summed E-state index contributed by atoms with van der Waals surface area (Å²) in [6.45, 7) is 5.75. The van der Waals surface area contributed by atoms with E-state index in [1.54, 1.807) is 20.8 Å². The van der Waals surface area contributed by atoms with Gasteiger partial charge in [0.25, 0.3) is 0 Å². The molecule has 114 valence electrons. The van der Waals surface area contributed by atoms with Crippen molar-refractivity contribution in [1.82, 2.24) is 4.90 Å². The molecule has 1 aliphatic rings. The van der Waals surface area contributed by atoms with Gasteiger partial charge in [0.05, 0.1) is 0 Å². The van der Waals surface area contributed by atoms with Crippen LogP contribution in [0.2, 0.25) is 5.02 Å². The number of hydrogen-bond acceptors (Lipinski definition) is 3. The normalized spacial score (nSPS) is 19.5. The van der Waals surface area contributed by atoms with E-state index in [-0.39, 0.29) is 11.8 Å². The van der Waals surface area contributed by atoms with Crippen LogP contribution in [0.3, 0.4) is 0 Å². The molecule has 0 radical (unpaired) electrons. The highest BCUT2D eigenvalue weighted by Gasteiger charge is 2.33. The quantitative estimate of drug-likeness (QED) is 0.788. The largest absolute Gasteiger partial charge is 0.443 e. The van der Waals surface area contributed by atoms with Crippen LogP contribution >= 0.6 is 11.6 Å². The Hall–Kier alpha value is -1.55. The minimum absolute atomic E-state index is 0.133. The minimum Gasteiger partial charge on any atom is -0.443 e. The first kappa shape index (κ1) is 15.8. The average molecular weight is 310 g/mol. The van der Waals surface area contributed by atoms with Crippen LogP contribution < -0.4 is 0 Å². The van der Waals surface area contributed by atoms with Gasteiger partial charge in [-0.2, -0.15) is 0 Å². The first-order chi connectivity index (χ1) is 9.76. The van der Waals surface area contributed by atoms with E-state index >= 15 is 0 Å². The molecule has 0 aliphatic carbocycles. The minimum atomic E-state index is -0.593. The van der Waals surface area contributed by atoms with Crippen LogP contribution in [0.4, 0.5) is 4.79 Å². The molecule has 0 unspecified atom stereocenters. The Balaban J connectivity index is 2.00. The lowest BCUT2D eigenvalue weighted by molar-refractivity contribution is -0.132. The molecule has 1 aromatic carbocycles. The van der Waals surface area contributed by atoms with E-state index < -0.39 is 11.7 Å². The second-order valence-corrected chi connectivity index (χ2v) is 6.70. The molecule has 1 aromatic rings. The molecule has 0 spiro atoms. The number of carbonyl (C=O) groups excluding carboxylic acids is 2. The van der Waals surface area contributed by atoms with E-state index in [1.807, 2.05) is 24.3 Å². The van der Waals surface area contributed by atoms with Crippen molar-refractivity contribution in [3.63, 3.8) is 0 Å². The molecule has 0 bridgehead atoms. The Morgan fingerprint density at radius 1 is 1.29 bits per heavy atom. The van der Waals surface area contributed by atoms with Crippen molar-refractivity contribution in [3.8, 4) is 0 Å². The van der Waals surface area contributed by atoms with Gasteiger partial charge in [0.2, 0.25) is 5.91 Å². The van der Waals surface area contributed by atoms with Crippen molar-refractivity contribution in [3.05, 3.63) is 34.9 Å². The molecule has 1 atom stereocenters. The summed E-state index contributed by atoms with van der Waals surface area (Å²) in [5, 5.41) is 0.677. The third-order valence-electron chi connectivity index (χ3n) is 3.38. The van der Waals surface area contributed by atoms with Crippen molar-refractivity contribution < 1.29 is 14.3 Å². The lowest BCUT2D eigenvalue weighted by atomic mass is 9.89. The number of imide groups is 1. The molecule has 1 heterocycles. The highest BCUT2D eigenvalue weighted by atomic mass is 35.5. The summed E-state index contributed by atoms with van der Waals surface area (Å²) in [6.07, 6.45) is 0.509. The number of halogens is 1. The van der Waals surface area contributed by atoms with Gasteiger partial charge in [-0.25, -0.2) is 9.69 Å². The molecule has 0 N–H and O–H groups in total. The maximum absolute atomic E-state index is 12.2. The molecule has 2 rings (SSSR count). The topological polar surface area (TPSA) is 46.6 Å². The number of piperidine rings is 1. The summed E-state index contributed by atoms with van der Waals surface area (Å²) in [7, 11) is 0. The van der Waals surface area contributed by atoms with Crippen LogP contribution in [0, 0.1) is 0 Å². The first-order valence-electron chi connectivity index (χ1n) is 7.05. The van der Waals surface area contributed by atoms with Gasteiger partial charge in [0.1, 0.15) is 5.60 Å². The number of ether oxygens (including phenoxy) is 1. The van der Waals surface area contributed by atoms with Crippen LogP contribution in [0.5, 0.6) is 0 Å². The lowest BCUT2D eigenvalue weighted by Crippen LogP contribution is -2.44. The molecule has 1 saturated heterocycles. The Kier molecular flexibility index (Phi) is 4.57. The van der Waals surface area contributed by atoms with E-state index in [4.69, 9.17) is 16.3 Å². The van der Waals surface area contributed by atoms with E-state index in [0.29, 0.717) is 18.0 Å². The van der Waals surface area contributed by atoms with Gasteiger partial charge in [0, 0.05) is 18.0 Å². The second kappa shape index (κ2) is 6.06. The van der Waals surface area contributed by atoms with E-state index in [9.17, 15) is 9.59 Å². The van der Waals surface area contributed by atoms with E-state index in [0.717, 1.165) is 12.0 Å². The summed E-state index contributed by atoms with van der Waals surface area (Å²) in [6, 6.07) is 7.51. The summed E-state index contributed by atoms with van der Waals surface area (Å²) < 4.78 is 5.25. The zero-order valence-corrected chi connectivity index (χ0v) is 13.3. The van der Waals surface area contributed by atoms with Crippen LogP contribution in [0.15, 0.2) is 24.3 Å². The van der Waals surface area contributed by atoms with Crippen LogP contribution in [0.1, 0.15) is 45.1 Å². The number of hydrogen-bond donors (Lipinski definition) is 0.